The SMILES string of the molecule is C1=c2c(sc3ccc(-c4cccc5c4oc4c(CC6c7ccccc7-c7ccccc76)cccc45)cc23)=C(C2=NC(c3ccccc3)NC(c3ccccc3)=N2)CC1. The number of para-hydroxylation sites is 2. The lowest BCUT2D eigenvalue weighted by atomic mass is 9.89. The van der Waals surface area contributed by atoms with Crippen molar-refractivity contribution in [2.24, 2.45) is 9.98 Å². The molecule has 7 aromatic carbocycles. The highest BCUT2D eigenvalue weighted by Crippen LogP contribution is 2.47. The second kappa shape index (κ2) is 13.4. The predicted molar refractivity (Wildman–Crippen MR) is 241 cm³/mol. The summed E-state index contributed by atoms with van der Waals surface area (Å²) in [7, 11) is 0. The first-order valence-electron chi connectivity index (χ1n) is 20.2. The van der Waals surface area contributed by atoms with Crippen molar-refractivity contribution in [2.75, 3.05) is 0 Å². The molecule has 276 valence electrons. The van der Waals surface area contributed by atoms with E-state index in [4.69, 9.17) is 14.4 Å². The predicted octanol–water partition coefficient (Wildman–Crippen LogP) is 11.7. The minimum atomic E-state index is -0.221. The molecule has 0 fully saturated rings. The first-order chi connectivity index (χ1) is 28.7. The van der Waals surface area contributed by atoms with Crippen LogP contribution in [-0.2, 0) is 6.42 Å². The Morgan fingerprint density at radius 1 is 0.621 bits per heavy atom. The topological polar surface area (TPSA) is 49.9 Å². The van der Waals surface area contributed by atoms with Crippen LogP contribution in [0.3, 0.4) is 0 Å². The fourth-order valence-corrected chi connectivity index (χ4v) is 10.8. The minimum absolute atomic E-state index is 0.221. The highest BCUT2D eigenvalue weighted by atomic mass is 32.1. The number of furan rings is 1. The summed E-state index contributed by atoms with van der Waals surface area (Å²) in [6, 6.07) is 58.8. The number of nitrogens with zero attached hydrogens (tertiary/aromatic N) is 2. The second-order valence-corrected chi connectivity index (χ2v) is 16.6. The molecule has 0 amide bonds. The Balaban J connectivity index is 0.966. The highest BCUT2D eigenvalue weighted by Gasteiger charge is 2.29. The fraction of sp³-hybridized carbons (Fsp3) is 0.0943. The maximum Gasteiger partial charge on any atom is 0.156 e. The summed E-state index contributed by atoms with van der Waals surface area (Å²) in [6.07, 6.45) is 4.91. The average molecular weight is 764 g/mol. The smallest absolute Gasteiger partial charge is 0.156 e. The van der Waals surface area contributed by atoms with Crippen LogP contribution in [-0.4, -0.2) is 11.7 Å². The first-order valence-corrected chi connectivity index (χ1v) is 21.0. The Bertz CT molecular complexity index is 3250. The van der Waals surface area contributed by atoms with Crippen LogP contribution >= 0.6 is 11.3 Å². The molecule has 5 heteroatoms. The van der Waals surface area contributed by atoms with Crippen LogP contribution < -0.4 is 15.1 Å². The molecule has 1 atom stereocenters. The number of amidine groups is 2. The molecule has 1 unspecified atom stereocenters. The van der Waals surface area contributed by atoms with E-state index in [0.29, 0.717) is 0 Å². The largest absolute Gasteiger partial charge is 0.455 e. The van der Waals surface area contributed by atoms with Gasteiger partial charge in [0, 0.05) is 48.0 Å². The number of aliphatic imine (C=N–C) groups is 2. The zero-order valence-corrected chi connectivity index (χ0v) is 32.5. The average Bonchev–Trinajstić information content (AvgIpc) is 3.97. The van der Waals surface area contributed by atoms with Crippen LogP contribution in [0.5, 0.6) is 0 Å². The van der Waals surface area contributed by atoms with Gasteiger partial charge >= 0.3 is 0 Å². The molecule has 4 nitrogen and oxygen atoms in total. The number of nitrogens with one attached hydrogen (secondary N) is 1. The zero-order chi connectivity index (χ0) is 38.2. The van der Waals surface area contributed by atoms with Gasteiger partial charge in [0.15, 0.2) is 5.84 Å². The molecule has 1 aliphatic heterocycles. The number of benzene rings is 7. The Hall–Kier alpha value is -6.82. The monoisotopic (exact) mass is 763 g/mol. The van der Waals surface area contributed by atoms with E-state index in [1.807, 2.05) is 23.5 Å². The quantitative estimate of drug-likeness (QED) is 0.183. The van der Waals surface area contributed by atoms with E-state index in [-0.39, 0.29) is 12.1 Å². The molecule has 12 rings (SSSR count). The molecular weight excluding hydrogens is 727 g/mol. The van der Waals surface area contributed by atoms with Gasteiger partial charge in [-0.25, -0.2) is 9.98 Å². The van der Waals surface area contributed by atoms with Crippen molar-refractivity contribution in [3.8, 4) is 22.3 Å². The molecule has 58 heavy (non-hydrogen) atoms. The standard InChI is InChI=1S/C53H37N3OS/c1-3-14-32(15-4-1)51-54-52(33-16-5-2-6-17-33)56-53(55-51)44-27-13-26-43-46-30-34(28-29-47(46)58-50(43)44)36-23-12-25-42-41-24-11-18-35(48(41)57-49(36)42)31-45-39-21-9-7-19-37(39)38-20-8-10-22-40(38)45/h1-12,14-26,28-30,45,51H,13,27,31H2,(H,54,55,56). The maximum absolute atomic E-state index is 7.01. The molecule has 0 radical (unpaired) electrons. The van der Waals surface area contributed by atoms with E-state index in [0.717, 1.165) is 69.7 Å². The number of hydrogen-bond donors (Lipinski definition) is 1. The third-order valence-corrected chi connectivity index (χ3v) is 13.5. The highest BCUT2D eigenvalue weighted by molar-refractivity contribution is 7.17. The molecule has 2 aliphatic carbocycles. The van der Waals surface area contributed by atoms with Gasteiger partial charge in [-0.1, -0.05) is 158 Å². The van der Waals surface area contributed by atoms with E-state index < -0.39 is 0 Å². The van der Waals surface area contributed by atoms with E-state index in [2.05, 4.69) is 163 Å². The van der Waals surface area contributed by atoms with E-state index in [1.165, 1.54) is 58.6 Å². The van der Waals surface area contributed by atoms with Crippen molar-refractivity contribution in [1.82, 2.24) is 5.32 Å². The molecule has 2 aromatic heterocycles. The fourth-order valence-electron chi connectivity index (χ4n) is 9.50. The van der Waals surface area contributed by atoms with E-state index in [9.17, 15) is 0 Å². The van der Waals surface area contributed by atoms with Crippen molar-refractivity contribution in [3.05, 3.63) is 201 Å². The number of thiophene rings is 1. The van der Waals surface area contributed by atoms with Gasteiger partial charge in [-0.05, 0) is 75.6 Å². The molecule has 0 saturated carbocycles. The van der Waals surface area contributed by atoms with Crippen molar-refractivity contribution in [3.63, 3.8) is 0 Å². The van der Waals surface area contributed by atoms with Gasteiger partial charge in [-0.3, -0.25) is 0 Å². The van der Waals surface area contributed by atoms with Crippen molar-refractivity contribution < 1.29 is 4.42 Å². The third-order valence-electron chi connectivity index (χ3n) is 12.2. The summed E-state index contributed by atoms with van der Waals surface area (Å²) in [5.74, 6) is 1.96. The van der Waals surface area contributed by atoms with Crippen LogP contribution in [0, 0.1) is 0 Å². The van der Waals surface area contributed by atoms with Gasteiger partial charge in [-0.2, -0.15) is 0 Å². The van der Waals surface area contributed by atoms with Crippen LogP contribution in [0.4, 0.5) is 0 Å². The zero-order valence-electron chi connectivity index (χ0n) is 31.7. The number of fused-ring (bicyclic) bond motifs is 9. The molecule has 0 bridgehead atoms. The van der Waals surface area contributed by atoms with Crippen molar-refractivity contribution in [2.45, 2.75) is 31.3 Å². The Morgan fingerprint density at radius 2 is 1.31 bits per heavy atom. The molecular formula is C53H37N3OS. The molecule has 0 spiro atoms. The van der Waals surface area contributed by atoms with Gasteiger partial charge < -0.3 is 9.73 Å². The van der Waals surface area contributed by atoms with Gasteiger partial charge in [0.1, 0.15) is 23.2 Å². The summed E-state index contributed by atoms with van der Waals surface area (Å²) in [5, 5.41) is 8.49. The summed E-state index contributed by atoms with van der Waals surface area (Å²) < 4.78 is 9.54. The number of hydrogen-bond acceptors (Lipinski definition) is 5. The summed E-state index contributed by atoms with van der Waals surface area (Å²) >= 11 is 1.85. The summed E-state index contributed by atoms with van der Waals surface area (Å²) in [4.78, 5) is 10.5. The van der Waals surface area contributed by atoms with Crippen LogP contribution in [0.25, 0.3) is 65.9 Å². The van der Waals surface area contributed by atoms with E-state index >= 15 is 0 Å². The van der Waals surface area contributed by atoms with Gasteiger partial charge in [0.05, 0.1) is 0 Å². The normalized spacial score (nSPS) is 16.1. The third kappa shape index (κ3) is 5.34. The first kappa shape index (κ1) is 33.3. The van der Waals surface area contributed by atoms with Gasteiger partial charge in [0.2, 0.25) is 0 Å². The minimum Gasteiger partial charge on any atom is -0.455 e. The van der Waals surface area contributed by atoms with E-state index in [1.54, 1.807) is 0 Å². The summed E-state index contributed by atoms with van der Waals surface area (Å²) in [6.45, 7) is 0. The Kier molecular flexibility index (Phi) is 7.70. The molecule has 9 aromatic rings. The Morgan fingerprint density at radius 3 is 2.10 bits per heavy atom. The lowest BCUT2D eigenvalue weighted by molar-refractivity contribution is 0.659. The maximum atomic E-state index is 7.01. The van der Waals surface area contributed by atoms with Crippen molar-refractivity contribution >= 4 is 66.7 Å². The van der Waals surface area contributed by atoms with Gasteiger partial charge in [-0.15, -0.1) is 11.3 Å². The van der Waals surface area contributed by atoms with Crippen LogP contribution in [0.15, 0.2) is 178 Å². The molecule has 0 saturated heterocycles. The van der Waals surface area contributed by atoms with Crippen LogP contribution in [0.1, 0.15) is 52.7 Å². The molecule has 3 heterocycles. The second-order valence-electron chi connectivity index (χ2n) is 15.5. The Labute approximate surface area is 339 Å². The molecule has 1 N–H and O–H groups in total. The van der Waals surface area contributed by atoms with Crippen LogP contribution in [0.2, 0.25) is 0 Å². The summed E-state index contributed by atoms with van der Waals surface area (Å²) in [5.41, 5.74) is 14.3. The lowest BCUT2D eigenvalue weighted by Gasteiger charge is -2.24. The lowest BCUT2D eigenvalue weighted by Crippen LogP contribution is -2.35. The van der Waals surface area contributed by atoms with Gasteiger partial charge in [0.25, 0.3) is 0 Å². The molecule has 3 aliphatic rings. The van der Waals surface area contributed by atoms with Crippen molar-refractivity contribution in [1.29, 1.82) is 0 Å². The number of rotatable bonds is 6.